The van der Waals surface area contributed by atoms with Crippen LogP contribution in [0.5, 0.6) is 0 Å². The van der Waals surface area contributed by atoms with Crippen LogP contribution in [0, 0.1) is 0 Å². The van der Waals surface area contributed by atoms with Crippen molar-refractivity contribution in [3.63, 3.8) is 0 Å². The summed E-state index contributed by atoms with van der Waals surface area (Å²) >= 11 is 0. The minimum Gasteiger partial charge on any atom is -0.228 e. The van der Waals surface area contributed by atoms with Gasteiger partial charge in [0.2, 0.25) is 0 Å². The lowest BCUT2D eigenvalue weighted by molar-refractivity contribution is 0.658. The molecule has 7 aromatic rings. The predicted molar refractivity (Wildman–Crippen MR) is 179 cm³/mol. The fourth-order valence-electron chi connectivity index (χ4n) is 6.59. The third-order valence-electron chi connectivity index (χ3n) is 8.86. The summed E-state index contributed by atoms with van der Waals surface area (Å²) in [5.74, 6) is 0.756. The Bertz CT molecular complexity index is 2130. The van der Waals surface area contributed by atoms with Crippen molar-refractivity contribution in [1.82, 2.24) is 9.97 Å². The summed E-state index contributed by atoms with van der Waals surface area (Å²) in [6, 6.07) is 51.8. The summed E-state index contributed by atoms with van der Waals surface area (Å²) in [4.78, 5) is 10.4. The summed E-state index contributed by atoms with van der Waals surface area (Å²) in [7, 11) is 0. The van der Waals surface area contributed by atoms with Gasteiger partial charge in [-0.15, -0.1) is 0 Å². The predicted octanol–water partition coefficient (Wildman–Crippen LogP) is 10.6. The van der Waals surface area contributed by atoms with Crippen LogP contribution in [-0.4, -0.2) is 9.97 Å². The van der Waals surface area contributed by atoms with Gasteiger partial charge >= 0.3 is 0 Å². The van der Waals surface area contributed by atoms with Crippen LogP contribution >= 0.6 is 0 Å². The topological polar surface area (TPSA) is 25.8 Å². The lowest BCUT2D eigenvalue weighted by Gasteiger charge is -2.24. The highest BCUT2D eigenvalue weighted by Gasteiger charge is 2.40. The van der Waals surface area contributed by atoms with Crippen LogP contribution in [0.1, 0.15) is 25.0 Å². The van der Waals surface area contributed by atoms with E-state index in [0.29, 0.717) is 0 Å². The van der Waals surface area contributed by atoms with E-state index in [1.807, 2.05) is 18.2 Å². The fourth-order valence-corrected chi connectivity index (χ4v) is 6.59. The summed E-state index contributed by atoms with van der Waals surface area (Å²) in [6.07, 6.45) is 0. The van der Waals surface area contributed by atoms with Crippen molar-refractivity contribution >= 4 is 10.8 Å². The van der Waals surface area contributed by atoms with Gasteiger partial charge < -0.3 is 0 Å². The van der Waals surface area contributed by atoms with E-state index in [1.54, 1.807) is 0 Å². The zero-order valence-corrected chi connectivity index (χ0v) is 24.3. The van der Waals surface area contributed by atoms with Gasteiger partial charge in [0.15, 0.2) is 5.82 Å². The monoisotopic (exact) mass is 550 g/mol. The van der Waals surface area contributed by atoms with E-state index in [4.69, 9.17) is 9.97 Å². The van der Waals surface area contributed by atoms with Crippen molar-refractivity contribution in [2.45, 2.75) is 19.3 Å². The molecule has 2 nitrogen and oxygen atoms in total. The molecule has 0 amide bonds. The molecule has 0 N–H and O–H groups in total. The Hall–Kier alpha value is -5.34. The molecule has 1 aromatic heterocycles. The van der Waals surface area contributed by atoms with Gasteiger partial charge in [-0.3, -0.25) is 0 Å². The lowest BCUT2D eigenvalue weighted by atomic mass is 9.80. The lowest BCUT2D eigenvalue weighted by Crippen LogP contribution is -2.17. The third-order valence-corrected chi connectivity index (χ3v) is 8.86. The van der Waals surface area contributed by atoms with Gasteiger partial charge in [-0.1, -0.05) is 147 Å². The minimum atomic E-state index is -0.233. The Labute approximate surface area is 252 Å². The molecule has 6 aromatic carbocycles. The Morgan fingerprint density at radius 2 is 0.953 bits per heavy atom. The number of hydrogen-bond acceptors (Lipinski definition) is 2. The van der Waals surface area contributed by atoms with Crippen molar-refractivity contribution in [1.29, 1.82) is 0 Å². The molecule has 0 unspecified atom stereocenters. The molecule has 0 aliphatic heterocycles. The standard InChI is InChI=1S/C41H30N2/c1-41(2)36-24-23-34(29-19-17-28(18-20-29)33-22-21-27-11-9-10-16-32(27)25-33)26-35(36)39-37(41)38(30-12-5-3-6-13-30)42-40(43-39)31-14-7-4-8-15-31/h3-26H,1-2H3. The maximum Gasteiger partial charge on any atom is 0.160 e. The van der Waals surface area contributed by atoms with Crippen LogP contribution in [-0.2, 0) is 5.41 Å². The normalized spacial score (nSPS) is 13.1. The average molecular weight is 551 g/mol. The minimum absolute atomic E-state index is 0.233. The zero-order chi connectivity index (χ0) is 29.0. The van der Waals surface area contributed by atoms with Crippen molar-refractivity contribution in [3.05, 3.63) is 157 Å². The second-order valence-corrected chi connectivity index (χ2v) is 11.9. The maximum atomic E-state index is 5.25. The van der Waals surface area contributed by atoms with Gasteiger partial charge in [0.25, 0.3) is 0 Å². The summed E-state index contributed by atoms with van der Waals surface area (Å²) in [6.45, 7) is 4.60. The van der Waals surface area contributed by atoms with Gasteiger partial charge in [-0.05, 0) is 50.7 Å². The molecule has 0 bridgehead atoms. The van der Waals surface area contributed by atoms with Crippen molar-refractivity contribution < 1.29 is 0 Å². The molecular weight excluding hydrogens is 520 g/mol. The molecule has 0 fully saturated rings. The van der Waals surface area contributed by atoms with E-state index in [9.17, 15) is 0 Å². The molecule has 1 aliphatic carbocycles. The smallest absolute Gasteiger partial charge is 0.160 e. The fraction of sp³-hybridized carbons (Fsp3) is 0.0732. The van der Waals surface area contributed by atoms with Gasteiger partial charge in [0, 0.05) is 27.7 Å². The van der Waals surface area contributed by atoms with E-state index in [2.05, 4.69) is 141 Å². The highest BCUT2D eigenvalue weighted by Crippen LogP contribution is 2.52. The molecule has 204 valence electrons. The molecule has 1 heterocycles. The van der Waals surface area contributed by atoms with Crippen LogP contribution in [0.4, 0.5) is 0 Å². The number of benzene rings is 6. The number of aromatic nitrogens is 2. The molecule has 8 rings (SSSR count). The summed E-state index contributed by atoms with van der Waals surface area (Å²) in [5.41, 5.74) is 12.4. The first kappa shape index (κ1) is 25.4. The van der Waals surface area contributed by atoms with Crippen LogP contribution in [0.3, 0.4) is 0 Å². The maximum absolute atomic E-state index is 5.25. The summed E-state index contributed by atoms with van der Waals surface area (Å²) in [5, 5.41) is 2.52. The van der Waals surface area contributed by atoms with E-state index < -0.39 is 0 Å². The molecular formula is C41H30N2. The molecule has 1 aliphatic rings. The van der Waals surface area contributed by atoms with Crippen molar-refractivity contribution in [3.8, 4) is 56.2 Å². The SMILES string of the molecule is CC1(C)c2ccc(-c3ccc(-c4ccc5ccccc5c4)cc3)cc2-c2nc(-c3ccccc3)nc(-c3ccccc3)c21. The van der Waals surface area contributed by atoms with Gasteiger partial charge in [0.05, 0.1) is 11.4 Å². The average Bonchev–Trinajstić information content (AvgIpc) is 3.30. The second kappa shape index (κ2) is 9.89. The Morgan fingerprint density at radius 3 is 1.65 bits per heavy atom. The Morgan fingerprint density at radius 1 is 0.419 bits per heavy atom. The first-order chi connectivity index (χ1) is 21.1. The van der Waals surface area contributed by atoms with Crippen molar-refractivity contribution in [2.75, 3.05) is 0 Å². The highest BCUT2D eigenvalue weighted by molar-refractivity contribution is 5.89. The number of rotatable bonds is 4. The van der Waals surface area contributed by atoms with Gasteiger partial charge in [-0.25, -0.2) is 9.97 Å². The highest BCUT2D eigenvalue weighted by atomic mass is 14.9. The zero-order valence-electron chi connectivity index (χ0n) is 24.3. The number of nitrogens with zero attached hydrogens (tertiary/aromatic N) is 2. The van der Waals surface area contributed by atoms with Crippen LogP contribution < -0.4 is 0 Å². The van der Waals surface area contributed by atoms with E-state index in [1.165, 1.54) is 49.7 Å². The number of fused-ring (bicyclic) bond motifs is 4. The van der Waals surface area contributed by atoms with E-state index in [0.717, 1.165) is 28.3 Å². The van der Waals surface area contributed by atoms with Crippen molar-refractivity contribution in [2.24, 2.45) is 0 Å². The first-order valence-electron chi connectivity index (χ1n) is 14.8. The molecule has 0 atom stereocenters. The van der Waals surface area contributed by atoms with Crippen LogP contribution in [0.2, 0.25) is 0 Å². The number of hydrogen-bond donors (Lipinski definition) is 0. The van der Waals surface area contributed by atoms with Gasteiger partial charge in [-0.2, -0.15) is 0 Å². The largest absolute Gasteiger partial charge is 0.228 e. The van der Waals surface area contributed by atoms with E-state index >= 15 is 0 Å². The molecule has 0 radical (unpaired) electrons. The Balaban J connectivity index is 1.25. The molecule has 0 spiro atoms. The Kier molecular flexibility index (Phi) is 5.84. The first-order valence-corrected chi connectivity index (χ1v) is 14.8. The van der Waals surface area contributed by atoms with Gasteiger partial charge in [0.1, 0.15) is 0 Å². The van der Waals surface area contributed by atoms with E-state index in [-0.39, 0.29) is 5.41 Å². The van der Waals surface area contributed by atoms with Crippen LogP contribution in [0.25, 0.3) is 66.9 Å². The molecule has 2 heteroatoms. The summed E-state index contributed by atoms with van der Waals surface area (Å²) < 4.78 is 0. The quantitative estimate of drug-likeness (QED) is 0.218. The van der Waals surface area contributed by atoms with Crippen LogP contribution in [0.15, 0.2) is 146 Å². The third kappa shape index (κ3) is 4.26. The second-order valence-electron chi connectivity index (χ2n) is 11.9. The molecule has 0 saturated heterocycles. The molecule has 43 heavy (non-hydrogen) atoms. The molecule has 0 saturated carbocycles.